The summed E-state index contributed by atoms with van der Waals surface area (Å²) in [5, 5.41) is 4.79. The van der Waals surface area contributed by atoms with E-state index in [4.69, 9.17) is 4.74 Å². The van der Waals surface area contributed by atoms with Gasteiger partial charge in [0.15, 0.2) is 0 Å². The molecular weight excluding hydrogens is 290 g/mol. The van der Waals surface area contributed by atoms with Gasteiger partial charge in [-0.25, -0.2) is 0 Å². The van der Waals surface area contributed by atoms with Crippen LogP contribution in [-0.2, 0) is 4.74 Å². The minimum atomic E-state index is 0.832. The average Bonchev–Trinajstić information content (AvgIpc) is 2.59. The SMILES string of the molecule is CC(=C/Sc1ccc2ccccc2c1)/C=C/N1CCOCC1. The van der Waals surface area contributed by atoms with Gasteiger partial charge in [-0.15, -0.1) is 0 Å². The molecule has 0 unspecified atom stereocenters. The van der Waals surface area contributed by atoms with Gasteiger partial charge >= 0.3 is 0 Å². The van der Waals surface area contributed by atoms with E-state index >= 15 is 0 Å². The Kier molecular flexibility index (Phi) is 5.20. The Hall–Kier alpha value is -1.71. The summed E-state index contributed by atoms with van der Waals surface area (Å²) in [4.78, 5) is 3.58. The lowest BCUT2D eigenvalue weighted by molar-refractivity contribution is 0.0594. The second kappa shape index (κ2) is 7.52. The highest BCUT2D eigenvalue weighted by atomic mass is 32.2. The minimum Gasteiger partial charge on any atom is -0.378 e. The van der Waals surface area contributed by atoms with Gasteiger partial charge in [0.05, 0.1) is 13.2 Å². The summed E-state index contributed by atoms with van der Waals surface area (Å²) in [6.45, 7) is 5.78. The quantitative estimate of drug-likeness (QED) is 0.601. The van der Waals surface area contributed by atoms with E-state index in [1.54, 1.807) is 11.8 Å². The zero-order valence-electron chi connectivity index (χ0n) is 12.9. The first-order chi connectivity index (χ1) is 10.8. The number of morpholine rings is 1. The lowest BCUT2D eigenvalue weighted by atomic mass is 10.1. The van der Waals surface area contributed by atoms with Crippen LogP contribution in [0.1, 0.15) is 6.92 Å². The van der Waals surface area contributed by atoms with Gasteiger partial charge in [-0.1, -0.05) is 42.1 Å². The molecule has 1 fully saturated rings. The summed E-state index contributed by atoms with van der Waals surface area (Å²) in [6, 6.07) is 15.1. The van der Waals surface area contributed by atoms with E-state index in [0.717, 1.165) is 26.3 Å². The number of allylic oxidation sites excluding steroid dienone is 2. The van der Waals surface area contributed by atoms with E-state index in [2.05, 4.69) is 72.0 Å². The minimum absolute atomic E-state index is 0.832. The van der Waals surface area contributed by atoms with Crippen LogP contribution in [0, 0.1) is 0 Å². The summed E-state index contributed by atoms with van der Waals surface area (Å²) >= 11 is 1.77. The molecule has 22 heavy (non-hydrogen) atoms. The van der Waals surface area contributed by atoms with Crippen LogP contribution in [0.25, 0.3) is 10.8 Å². The van der Waals surface area contributed by atoms with E-state index in [0.29, 0.717) is 0 Å². The predicted molar refractivity (Wildman–Crippen MR) is 95.1 cm³/mol. The monoisotopic (exact) mass is 311 g/mol. The second-order valence-electron chi connectivity index (χ2n) is 5.45. The Morgan fingerprint density at radius 3 is 2.68 bits per heavy atom. The first-order valence-corrected chi connectivity index (χ1v) is 8.51. The van der Waals surface area contributed by atoms with Crippen LogP contribution in [0.15, 0.2) is 70.6 Å². The van der Waals surface area contributed by atoms with Crippen molar-refractivity contribution in [1.29, 1.82) is 0 Å². The Bertz CT molecular complexity index is 687. The van der Waals surface area contributed by atoms with Crippen LogP contribution in [-0.4, -0.2) is 31.2 Å². The summed E-state index contributed by atoms with van der Waals surface area (Å²) in [5.41, 5.74) is 1.27. The number of nitrogens with zero attached hydrogens (tertiary/aromatic N) is 1. The third-order valence-electron chi connectivity index (χ3n) is 3.70. The van der Waals surface area contributed by atoms with E-state index in [-0.39, 0.29) is 0 Å². The Morgan fingerprint density at radius 1 is 1.09 bits per heavy atom. The molecule has 3 rings (SSSR count). The van der Waals surface area contributed by atoms with Crippen LogP contribution in [0.2, 0.25) is 0 Å². The van der Waals surface area contributed by atoms with Crippen LogP contribution in [0.4, 0.5) is 0 Å². The number of rotatable bonds is 4. The fourth-order valence-electron chi connectivity index (χ4n) is 2.39. The van der Waals surface area contributed by atoms with Crippen LogP contribution in [0.5, 0.6) is 0 Å². The molecule has 0 aliphatic carbocycles. The van der Waals surface area contributed by atoms with Crippen molar-refractivity contribution in [1.82, 2.24) is 4.90 Å². The molecule has 0 atom stereocenters. The summed E-state index contributed by atoms with van der Waals surface area (Å²) in [6.07, 6.45) is 4.36. The van der Waals surface area contributed by atoms with Gasteiger partial charge in [0, 0.05) is 18.0 Å². The Labute approximate surface area is 136 Å². The van der Waals surface area contributed by atoms with Gasteiger partial charge in [-0.2, -0.15) is 0 Å². The molecule has 0 aromatic heterocycles. The lowest BCUT2D eigenvalue weighted by Crippen LogP contribution is -2.31. The molecule has 2 aromatic carbocycles. The number of hydrogen-bond acceptors (Lipinski definition) is 3. The molecule has 1 aliphatic heterocycles. The van der Waals surface area contributed by atoms with Crippen molar-refractivity contribution in [3.63, 3.8) is 0 Å². The van der Waals surface area contributed by atoms with Gasteiger partial charge in [0.25, 0.3) is 0 Å². The zero-order valence-corrected chi connectivity index (χ0v) is 13.7. The normalized spacial score (nSPS) is 16.6. The molecule has 114 valence electrons. The molecule has 0 saturated carbocycles. The highest BCUT2D eigenvalue weighted by Crippen LogP contribution is 2.25. The zero-order chi connectivity index (χ0) is 15.2. The highest BCUT2D eigenvalue weighted by Gasteiger charge is 2.04. The molecule has 3 heteroatoms. The van der Waals surface area contributed by atoms with Crippen molar-refractivity contribution >= 4 is 22.5 Å². The van der Waals surface area contributed by atoms with Crippen LogP contribution < -0.4 is 0 Å². The molecule has 0 amide bonds. The largest absolute Gasteiger partial charge is 0.378 e. The third kappa shape index (κ3) is 4.15. The van der Waals surface area contributed by atoms with Crippen molar-refractivity contribution in [3.8, 4) is 0 Å². The number of fused-ring (bicyclic) bond motifs is 1. The average molecular weight is 311 g/mol. The highest BCUT2D eigenvalue weighted by molar-refractivity contribution is 8.02. The molecule has 2 nitrogen and oxygen atoms in total. The maximum absolute atomic E-state index is 5.35. The number of benzene rings is 2. The van der Waals surface area contributed by atoms with Gasteiger partial charge < -0.3 is 9.64 Å². The van der Waals surface area contributed by atoms with E-state index in [1.807, 2.05) is 0 Å². The van der Waals surface area contributed by atoms with Gasteiger partial charge in [0.2, 0.25) is 0 Å². The third-order valence-corrected chi connectivity index (χ3v) is 4.71. The molecule has 0 spiro atoms. The van der Waals surface area contributed by atoms with Gasteiger partial charge in [-0.05, 0) is 53.1 Å². The Balaban J connectivity index is 1.62. The number of thioether (sulfide) groups is 1. The van der Waals surface area contributed by atoms with Crippen molar-refractivity contribution in [2.24, 2.45) is 0 Å². The molecule has 1 aliphatic rings. The number of hydrogen-bond donors (Lipinski definition) is 0. The molecular formula is C19H21NOS. The van der Waals surface area contributed by atoms with Crippen molar-refractivity contribution in [3.05, 3.63) is 65.7 Å². The second-order valence-corrected chi connectivity index (χ2v) is 6.40. The standard InChI is InChI=1S/C19H21NOS/c1-16(8-9-20-10-12-21-13-11-20)15-22-19-7-6-17-4-2-3-5-18(17)14-19/h2-9,14-15H,10-13H2,1H3/b9-8+,16-15-. The molecule has 0 radical (unpaired) electrons. The summed E-state index contributed by atoms with van der Waals surface area (Å²) < 4.78 is 5.35. The van der Waals surface area contributed by atoms with Gasteiger partial charge in [0.1, 0.15) is 0 Å². The molecule has 0 N–H and O–H groups in total. The van der Waals surface area contributed by atoms with E-state index in [1.165, 1.54) is 21.2 Å². The summed E-state index contributed by atoms with van der Waals surface area (Å²) in [5.74, 6) is 0. The van der Waals surface area contributed by atoms with Crippen LogP contribution >= 0.6 is 11.8 Å². The first kappa shape index (κ1) is 15.2. The molecule has 2 aromatic rings. The smallest absolute Gasteiger partial charge is 0.0642 e. The van der Waals surface area contributed by atoms with E-state index < -0.39 is 0 Å². The Morgan fingerprint density at radius 2 is 1.86 bits per heavy atom. The van der Waals surface area contributed by atoms with Crippen molar-refractivity contribution in [2.75, 3.05) is 26.3 Å². The number of ether oxygens (including phenoxy) is 1. The maximum atomic E-state index is 5.35. The fourth-order valence-corrected chi connectivity index (χ4v) is 3.13. The fraction of sp³-hybridized carbons (Fsp3) is 0.263. The lowest BCUT2D eigenvalue weighted by Gasteiger charge is -2.25. The van der Waals surface area contributed by atoms with E-state index in [9.17, 15) is 0 Å². The predicted octanol–water partition coefficient (Wildman–Crippen LogP) is 4.68. The molecule has 1 saturated heterocycles. The molecule has 0 bridgehead atoms. The topological polar surface area (TPSA) is 12.5 Å². The van der Waals surface area contributed by atoms with Crippen LogP contribution in [0.3, 0.4) is 0 Å². The maximum Gasteiger partial charge on any atom is 0.0642 e. The van der Waals surface area contributed by atoms with Crippen molar-refractivity contribution < 1.29 is 4.74 Å². The van der Waals surface area contributed by atoms with Crippen molar-refractivity contribution in [2.45, 2.75) is 11.8 Å². The van der Waals surface area contributed by atoms with Gasteiger partial charge in [-0.3, -0.25) is 0 Å². The molecule has 1 heterocycles. The summed E-state index contributed by atoms with van der Waals surface area (Å²) in [7, 11) is 0. The first-order valence-electron chi connectivity index (χ1n) is 7.63.